The number of thioether (sulfide) groups is 1. The number of carbonyl (C=O) groups excluding carboxylic acids is 3. The molecule has 0 spiro atoms. The van der Waals surface area contributed by atoms with Crippen molar-refractivity contribution in [2.24, 2.45) is 5.16 Å². The molecule has 2 aliphatic rings. The van der Waals surface area contributed by atoms with Crippen molar-refractivity contribution in [3.05, 3.63) is 326 Å². The van der Waals surface area contributed by atoms with Crippen LogP contribution in [0.2, 0.25) is 0 Å². The lowest BCUT2D eigenvalue weighted by Gasteiger charge is -2.49. The highest BCUT2D eigenvalue weighted by molar-refractivity contribution is 8.00. The zero-order valence-corrected chi connectivity index (χ0v) is 47.2. The molecule has 12 rings (SSSR count). The van der Waals surface area contributed by atoms with Gasteiger partial charge < -0.3 is 20.2 Å². The van der Waals surface area contributed by atoms with Gasteiger partial charge in [-0.05, 0) is 57.9 Å². The summed E-state index contributed by atoms with van der Waals surface area (Å²) in [5.41, 5.74) is 5.72. The first-order valence-corrected chi connectivity index (χ1v) is 29.6. The van der Waals surface area contributed by atoms with Crippen LogP contribution in [0.15, 0.2) is 271 Å². The number of hydrogen-bond donors (Lipinski definition) is 2. The van der Waals surface area contributed by atoms with Crippen molar-refractivity contribution in [2.75, 3.05) is 11.1 Å². The van der Waals surface area contributed by atoms with Crippen LogP contribution in [0.5, 0.6) is 0 Å². The van der Waals surface area contributed by atoms with Crippen LogP contribution < -0.4 is 10.6 Å². The highest BCUT2D eigenvalue weighted by Gasteiger charge is 2.55. The molecule has 0 bridgehead atoms. The summed E-state index contributed by atoms with van der Waals surface area (Å²) in [6.45, 7) is 1.86. The van der Waals surface area contributed by atoms with Gasteiger partial charge in [0.15, 0.2) is 16.9 Å². The number of esters is 1. The molecule has 408 valence electrons. The van der Waals surface area contributed by atoms with Crippen molar-refractivity contribution in [2.45, 2.75) is 35.6 Å². The number of thiazole rings is 1. The second kappa shape index (κ2) is 24.3. The van der Waals surface area contributed by atoms with E-state index in [2.05, 4.69) is 56.6 Å². The second-order valence-corrected chi connectivity index (χ2v) is 22.5. The Morgan fingerprint density at radius 2 is 1.10 bits per heavy atom. The van der Waals surface area contributed by atoms with Crippen LogP contribution in [-0.4, -0.2) is 60.1 Å². The fourth-order valence-corrected chi connectivity index (χ4v) is 13.3. The van der Waals surface area contributed by atoms with E-state index in [9.17, 15) is 4.79 Å². The molecule has 2 amide bonds. The summed E-state index contributed by atoms with van der Waals surface area (Å²) in [5.74, 6) is -1.62. The van der Waals surface area contributed by atoms with Crippen LogP contribution >= 0.6 is 34.6 Å². The molecule has 0 saturated carbocycles. The molecule has 83 heavy (non-hydrogen) atoms. The van der Waals surface area contributed by atoms with E-state index in [1.165, 1.54) is 39.5 Å². The lowest BCUT2D eigenvalue weighted by Crippen LogP contribution is -2.71. The molecule has 2 N–H and O–H groups in total. The Hall–Kier alpha value is -9.54. The number of aryl methyl sites for hydroxylation is 1. The standard InChI is InChI=1S/C68H53N7O5S3/c1-46-57(83-74-72-46)43-42-49-44-81-64-59(63(77)75(64)60(49)65(78)79-61(47-26-10-2-11-27-47)48-28-12-3-13-29-48)70-62(76)58(73-80-68(53-36-20-7-21-37-53,54-38-22-8-23-39-54)55-40-24-9-25-41-55)56-45-82-66(69-56)71-67(50-30-14-4-15-31-50,51-32-16-5-17-33-51)52-34-18-6-19-35-52/h2-43,45,59,61,64H,44H2,1H3,(H,69,71)(H,70,76)/b43-42-,73-58-/t59?,64-/m0/s1. The molecular formula is C68H53N7O5S3. The third-order valence-corrected chi connectivity index (χ3v) is 17.6. The van der Waals surface area contributed by atoms with Gasteiger partial charge in [0.25, 0.3) is 11.8 Å². The van der Waals surface area contributed by atoms with Gasteiger partial charge in [0.2, 0.25) is 5.60 Å². The first-order chi connectivity index (χ1) is 40.8. The maximum absolute atomic E-state index is 15.6. The number of nitrogens with zero attached hydrogens (tertiary/aromatic N) is 5. The SMILES string of the molecule is Cc1nnsc1/C=C\C1=C(C(=O)OC(c2ccccc2)c2ccccc2)N2C(=O)C(NC(=O)/C(=N\OC(c3ccccc3)(c3ccccc3)c3ccccc3)c3csc(NC(c4ccccc4)(c4ccccc4)c4ccccc4)n3)[C@@H]2SC1. The summed E-state index contributed by atoms with van der Waals surface area (Å²) in [7, 11) is 0. The fraction of sp³-hybridized carbons (Fsp3) is 0.103. The van der Waals surface area contributed by atoms with Crippen molar-refractivity contribution >= 4 is 69.3 Å². The van der Waals surface area contributed by atoms with Crippen molar-refractivity contribution in [1.82, 2.24) is 24.8 Å². The van der Waals surface area contributed by atoms with Crippen molar-refractivity contribution in [1.29, 1.82) is 0 Å². The predicted molar refractivity (Wildman–Crippen MR) is 328 cm³/mol. The first kappa shape index (κ1) is 54.1. The van der Waals surface area contributed by atoms with Gasteiger partial charge in [-0.2, -0.15) is 0 Å². The highest BCUT2D eigenvalue weighted by Crippen LogP contribution is 2.45. The van der Waals surface area contributed by atoms with Gasteiger partial charge in [-0.3, -0.25) is 14.5 Å². The van der Waals surface area contributed by atoms with Crippen LogP contribution in [-0.2, 0) is 35.1 Å². The molecule has 2 aromatic heterocycles. The summed E-state index contributed by atoms with van der Waals surface area (Å²) < 4.78 is 10.6. The van der Waals surface area contributed by atoms with Gasteiger partial charge in [-0.25, -0.2) is 9.78 Å². The Balaban J connectivity index is 0.941. The number of oxime groups is 1. The quantitative estimate of drug-likeness (QED) is 0.0264. The fourth-order valence-electron chi connectivity index (χ4n) is 10.7. The molecular weight excluding hydrogens is 1090 g/mol. The molecule has 2 aliphatic heterocycles. The third-order valence-electron chi connectivity index (χ3n) is 14.7. The van der Waals surface area contributed by atoms with E-state index in [-0.39, 0.29) is 17.1 Å². The van der Waals surface area contributed by atoms with Crippen LogP contribution in [0.3, 0.4) is 0 Å². The maximum Gasteiger partial charge on any atom is 0.356 e. The minimum Gasteiger partial charge on any atom is -0.448 e. The molecule has 0 aliphatic carbocycles. The van der Waals surface area contributed by atoms with Crippen LogP contribution in [0.25, 0.3) is 6.08 Å². The summed E-state index contributed by atoms with van der Waals surface area (Å²) in [6.07, 6.45) is 2.88. The Labute approximate surface area is 493 Å². The van der Waals surface area contributed by atoms with E-state index in [1.807, 2.05) is 225 Å². The Bertz CT molecular complexity index is 3730. The van der Waals surface area contributed by atoms with Crippen molar-refractivity contribution < 1.29 is 24.0 Å². The molecule has 15 heteroatoms. The minimum absolute atomic E-state index is 0.0806. The molecule has 12 nitrogen and oxygen atoms in total. The Morgan fingerprint density at radius 1 is 0.639 bits per heavy atom. The number of amides is 2. The van der Waals surface area contributed by atoms with Crippen molar-refractivity contribution in [3.8, 4) is 0 Å². The largest absolute Gasteiger partial charge is 0.448 e. The summed E-state index contributed by atoms with van der Waals surface area (Å²) in [5, 5.41) is 17.5. The molecule has 1 unspecified atom stereocenters. The number of allylic oxidation sites excluding steroid dienone is 1. The minimum atomic E-state index is -1.38. The van der Waals surface area contributed by atoms with Gasteiger partial charge in [0.05, 0.1) is 10.6 Å². The van der Waals surface area contributed by atoms with Gasteiger partial charge >= 0.3 is 5.97 Å². The molecule has 2 atom stereocenters. The zero-order valence-electron chi connectivity index (χ0n) is 44.8. The number of carbonyl (C=O) groups is 3. The number of benzene rings is 8. The van der Waals surface area contributed by atoms with Crippen molar-refractivity contribution in [3.63, 3.8) is 0 Å². The molecule has 1 fully saturated rings. The molecule has 4 heterocycles. The van der Waals surface area contributed by atoms with E-state index < -0.39 is 46.4 Å². The number of nitrogens with one attached hydrogen (secondary N) is 2. The lowest BCUT2D eigenvalue weighted by atomic mass is 9.77. The molecule has 1 saturated heterocycles. The van der Waals surface area contributed by atoms with Crippen LogP contribution in [0.1, 0.15) is 66.9 Å². The molecule has 0 radical (unpaired) electrons. The smallest absolute Gasteiger partial charge is 0.356 e. The lowest BCUT2D eigenvalue weighted by molar-refractivity contribution is -0.154. The number of fused-ring (bicyclic) bond motifs is 1. The van der Waals surface area contributed by atoms with E-state index in [0.29, 0.717) is 16.5 Å². The van der Waals surface area contributed by atoms with Gasteiger partial charge in [0.1, 0.15) is 28.3 Å². The third kappa shape index (κ3) is 10.8. The maximum atomic E-state index is 15.6. The Morgan fingerprint density at radius 3 is 1.55 bits per heavy atom. The zero-order chi connectivity index (χ0) is 56.6. The van der Waals surface area contributed by atoms with E-state index in [1.54, 1.807) is 5.38 Å². The number of hydrogen-bond acceptors (Lipinski definition) is 13. The summed E-state index contributed by atoms with van der Waals surface area (Å²) >= 11 is 3.96. The number of ether oxygens (including phenoxy) is 1. The molecule has 8 aromatic carbocycles. The average molecular weight is 1140 g/mol. The number of anilines is 1. The number of aromatic nitrogens is 3. The molecule has 10 aromatic rings. The van der Waals surface area contributed by atoms with E-state index in [0.717, 1.165) is 55.1 Å². The normalized spacial score (nSPS) is 15.4. The highest BCUT2D eigenvalue weighted by atomic mass is 32.2. The number of rotatable bonds is 19. The van der Waals surface area contributed by atoms with Gasteiger partial charge in [-0.15, -0.1) is 28.2 Å². The van der Waals surface area contributed by atoms with E-state index >= 15 is 9.59 Å². The monoisotopic (exact) mass is 1140 g/mol. The second-order valence-electron chi connectivity index (χ2n) is 19.7. The topological polar surface area (TPSA) is 148 Å². The summed E-state index contributed by atoms with van der Waals surface area (Å²) in [6, 6.07) is 77.6. The first-order valence-electron chi connectivity index (χ1n) is 26.9. The van der Waals surface area contributed by atoms with Crippen LogP contribution in [0.4, 0.5) is 5.13 Å². The van der Waals surface area contributed by atoms with Gasteiger partial charge in [0, 0.05) is 27.8 Å². The predicted octanol–water partition coefficient (Wildman–Crippen LogP) is 13.1. The summed E-state index contributed by atoms with van der Waals surface area (Å²) in [4.78, 5) is 60.0. The Kier molecular flexibility index (Phi) is 15.8. The van der Waals surface area contributed by atoms with Gasteiger partial charge in [-0.1, -0.05) is 258 Å². The van der Waals surface area contributed by atoms with Crippen LogP contribution in [0, 0.1) is 6.92 Å². The number of β-lactam (4-membered cyclic amide) rings is 1. The average Bonchev–Trinajstić information content (AvgIpc) is 2.73. The van der Waals surface area contributed by atoms with E-state index in [4.69, 9.17) is 19.7 Å².